The molecular weight excluding hydrogens is 304 g/mol. The molecule has 3 rings (SSSR count). The lowest BCUT2D eigenvalue weighted by molar-refractivity contribution is -0.130. The first-order valence-corrected chi connectivity index (χ1v) is 8.96. The van der Waals surface area contributed by atoms with Gasteiger partial charge in [0.15, 0.2) is 9.84 Å². The van der Waals surface area contributed by atoms with E-state index in [1.54, 1.807) is 23.1 Å². The van der Waals surface area contributed by atoms with E-state index >= 15 is 0 Å². The first kappa shape index (κ1) is 15.0. The number of fused-ring (bicyclic) bond motifs is 1. The fourth-order valence-electron chi connectivity index (χ4n) is 3.07. The van der Waals surface area contributed by atoms with Crippen LogP contribution in [0.3, 0.4) is 0 Å². The van der Waals surface area contributed by atoms with Gasteiger partial charge in [0.25, 0.3) is 0 Å². The van der Waals surface area contributed by atoms with Crippen molar-refractivity contribution in [1.82, 2.24) is 10.2 Å². The molecule has 0 spiro atoms. The second kappa shape index (κ2) is 5.72. The molecule has 1 aromatic rings. The van der Waals surface area contributed by atoms with Crippen molar-refractivity contribution in [3.63, 3.8) is 0 Å². The van der Waals surface area contributed by atoms with Crippen molar-refractivity contribution in [3.8, 4) is 0 Å². The van der Waals surface area contributed by atoms with Crippen LogP contribution >= 0.6 is 0 Å². The summed E-state index contributed by atoms with van der Waals surface area (Å²) < 4.78 is 24.3. The fourth-order valence-corrected chi connectivity index (χ4v) is 4.33. The molecule has 7 heteroatoms. The molecule has 0 saturated carbocycles. The van der Waals surface area contributed by atoms with E-state index in [-0.39, 0.29) is 40.8 Å². The Hall–Kier alpha value is -1.89. The van der Waals surface area contributed by atoms with Crippen molar-refractivity contribution in [1.29, 1.82) is 0 Å². The van der Waals surface area contributed by atoms with E-state index in [0.29, 0.717) is 19.5 Å². The molecule has 0 aliphatic carbocycles. The van der Waals surface area contributed by atoms with E-state index < -0.39 is 9.84 Å². The minimum Gasteiger partial charge on any atom is -0.351 e. The van der Waals surface area contributed by atoms with Gasteiger partial charge in [-0.05, 0) is 12.1 Å². The summed E-state index contributed by atoms with van der Waals surface area (Å²) >= 11 is 0. The molecule has 2 amide bonds. The van der Waals surface area contributed by atoms with Gasteiger partial charge in [0.05, 0.1) is 16.7 Å². The maximum absolute atomic E-state index is 12.2. The number of likely N-dealkylation sites (tertiary alicyclic amines) is 1. The predicted molar refractivity (Wildman–Crippen MR) is 79.7 cm³/mol. The smallest absolute Gasteiger partial charge is 0.223 e. The Labute approximate surface area is 129 Å². The minimum atomic E-state index is -3.43. The van der Waals surface area contributed by atoms with Crippen LogP contribution in [0, 0.1) is 5.92 Å². The zero-order valence-corrected chi connectivity index (χ0v) is 12.9. The molecule has 22 heavy (non-hydrogen) atoms. The summed E-state index contributed by atoms with van der Waals surface area (Å²) in [5.41, 5.74) is 0. The summed E-state index contributed by atoms with van der Waals surface area (Å²) in [4.78, 5) is 25.3. The summed E-state index contributed by atoms with van der Waals surface area (Å²) in [5.74, 6) is -0.146. The molecule has 2 aliphatic heterocycles. The zero-order chi connectivity index (χ0) is 15.7. The minimum absolute atomic E-state index is 0.0232. The van der Waals surface area contributed by atoms with Gasteiger partial charge in [-0.1, -0.05) is 18.2 Å². The van der Waals surface area contributed by atoms with Gasteiger partial charge in [-0.25, -0.2) is 8.42 Å². The third kappa shape index (κ3) is 2.99. The Morgan fingerprint density at radius 1 is 1.23 bits per heavy atom. The van der Waals surface area contributed by atoms with Crippen LogP contribution < -0.4 is 5.32 Å². The topological polar surface area (TPSA) is 83.6 Å². The van der Waals surface area contributed by atoms with Gasteiger partial charge < -0.3 is 10.2 Å². The highest BCUT2D eigenvalue weighted by atomic mass is 32.2. The van der Waals surface area contributed by atoms with Crippen LogP contribution in [0.15, 0.2) is 35.2 Å². The molecule has 0 unspecified atom stereocenters. The SMILES string of the molecule is O=C1C[C@H]2CN(C(=O)CCS(=O)(=O)c3ccccc3)C[C@H]2N1. The third-order valence-corrected chi connectivity index (χ3v) is 6.01. The van der Waals surface area contributed by atoms with Gasteiger partial charge in [-0.3, -0.25) is 9.59 Å². The van der Waals surface area contributed by atoms with Crippen LogP contribution in [-0.4, -0.2) is 50.0 Å². The molecule has 118 valence electrons. The lowest BCUT2D eigenvalue weighted by Crippen LogP contribution is -2.36. The largest absolute Gasteiger partial charge is 0.351 e. The lowest BCUT2D eigenvalue weighted by Gasteiger charge is -2.17. The van der Waals surface area contributed by atoms with Crippen molar-refractivity contribution >= 4 is 21.7 Å². The Balaban J connectivity index is 1.56. The molecule has 2 atom stereocenters. The molecule has 2 aliphatic rings. The van der Waals surface area contributed by atoms with Crippen LogP contribution in [0.5, 0.6) is 0 Å². The van der Waals surface area contributed by atoms with Crippen molar-refractivity contribution in [2.24, 2.45) is 5.92 Å². The maximum atomic E-state index is 12.2. The first-order chi connectivity index (χ1) is 10.5. The molecule has 6 nitrogen and oxygen atoms in total. The Morgan fingerprint density at radius 3 is 2.64 bits per heavy atom. The van der Waals surface area contributed by atoms with E-state index in [4.69, 9.17) is 0 Å². The number of nitrogens with zero attached hydrogens (tertiary/aromatic N) is 1. The number of rotatable bonds is 4. The van der Waals surface area contributed by atoms with Crippen LogP contribution in [0.2, 0.25) is 0 Å². The normalized spacial score (nSPS) is 24.2. The van der Waals surface area contributed by atoms with Crippen LogP contribution in [0.25, 0.3) is 0 Å². The first-order valence-electron chi connectivity index (χ1n) is 7.30. The predicted octanol–water partition coefficient (Wildman–Crippen LogP) is 0.197. The summed E-state index contributed by atoms with van der Waals surface area (Å²) in [7, 11) is -3.43. The van der Waals surface area contributed by atoms with Crippen molar-refractivity contribution in [2.75, 3.05) is 18.8 Å². The van der Waals surface area contributed by atoms with Crippen LogP contribution in [0.1, 0.15) is 12.8 Å². The van der Waals surface area contributed by atoms with Crippen LogP contribution in [-0.2, 0) is 19.4 Å². The van der Waals surface area contributed by atoms with Crippen molar-refractivity contribution < 1.29 is 18.0 Å². The molecular formula is C15H18N2O4S. The van der Waals surface area contributed by atoms with Gasteiger partial charge in [-0.15, -0.1) is 0 Å². The van der Waals surface area contributed by atoms with Gasteiger partial charge in [-0.2, -0.15) is 0 Å². The number of hydrogen-bond acceptors (Lipinski definition) is 4. The van der Waals surface area contributed by atoms with Crippen molar-refractivity contribution in [2.45, 2.75) is 23.8 Å². The molecule has 2 heterocycles. The number of nitrogens with one attached hydrogen (secondary N) is 1. The average molecular weight is 322 g/mol. The summed E-state index contributed by atoms with van der Waals surface area (Å²) in [6, 6.07) is 8.19. The van der Waals surface area contributed by atoms with Crippen molar-refractivity contribution in [3.05, 3.63) is 30.3 Å². The third-order valence-electron chi connectivity index (χ3n) is 4.27. The summed E-state index contributed by atoms with van der Waals surface area (Å²) in [6.45, 7) is 1.02. The number of amides is 2. The number of hydrogen-bond donors (Lipinski definition) is 1. The van der Waals surface area contributed by atoms with E-state index in [1.807, 2.05) is 0 Å². The molecule has 0 radical (unpaired) electrons. The van der Waals surface area contributed by atoms with E-state index in [0.717, 1.165) is 0 Å². The average Bonchev–Trinajstić information content (AvgIpc) is 3.03. The zero-order valence-electron chi connectivity index (χ0n) is 12.1. The Morgan fingerprint density at radius 2 is 1.95 bits per heavy atom. The molecule has 0 bridgehead atoms. The lowest BCUT2D eigenvalue weighted by atomic mass is 10.1. The highest BCUT2D eigenvalue weighted by Gasteiger charge is 2.41. The Bertz CT molecular complexity index is 671. The van der Waals surface area contributed by atoms with Gasteiger partial charge in [0.1, 0.15) is 0 Å². The molecule has 1 aromatic carbocycles. The molecule has 0 aromatic heterocycles. The number of benzene rings is 1. The van der Waals surface area contributed by atoms with Gasteiger partial charge >= 0.3 is 0 Å². The fraction of sp³-hybridized carbons (Fsp3) is 0.467. The molecule has 2 saturated heterocycles. The molecule has 1 N–H and O–H groups in total. The van der Waals surface area contributed by atoms with Crippen LogP contribution in [0.4, 0.5) is 0 Å². The number of sulfone groups is 1. The second-order valence-electron chi connectivity index (χ2n) is 5.82. The number of carbonyl (C=O) groups excluding carboxylic acids is 2. The summed E-state index contributed by atoms with van der Waals surface area (Å²) in [6.07, 6.45) is 0.432. The highest BCUT2D eigenvalue weighted by Crippen LogP contribution is 2.26. The molecule has 2 fully saturated rings. The maximum Gasteiger partial charge on any atom is 0.223 e. The monoisotopic (exact) mass is 322 g/mol. The van der Waals surface area contributed by atoms with E-state index in [9.17, 15) is 18.0 Å². The highest BCUT2D eigenvalue weighted by molar-refractivity contribution is 7.91. The summed E-state index contributed by atoms with van der Waals surface area (Å²) in [5, 5.41) is 2.85. The number of carbonyl (C=O) groups is 2. The van der Waals surface area contributed by atoms with Gasteiger partial charge in [0, 0.05) is 31.8 Å². The van der Waals surface area contributed by atoms with Gasteiger partial charge in [0.2, 0.25) is 11.8 Å². The van der Waals surface area contributed by atoms with E-state index in [2.05, 4.69) is 5.32 Å². The quantitative estimate of drug-likeness (QED) is 0.858. The van der Waals surface area contributed by atoms with E-state index in [1.165, 1.54) is 12.1 Å². The standard InChI is InChI=1S/C15H18N2O4S/c18-14-8-11-9-17(10-13(11)16-14)15(19)6-7-22(20,21)12-4-2-1-3-5-12/h1-5,11,13H,6-10H2,(H,16,18)/t11-,13+/m0/s1. The second-order valence-corrected chi connectivity index (χ2v) is 7.93. The Kier molecular flexibility index (Phi) is 3.90.